The van der Waals surface area contributed by atoms with Gasteiger partial charge in [0.1, 0.15) is 0 Å². The second-order valence-electron chi connectivity index (χ2n) is 5.44. The first-order chi connectivity index (χ1) is 7.70. The quantitative estimate of drug-likeness (QED) is 0.791. The number of carbonyl (C=O) groups is 1. The molecule has 1 saturated heterocycles. The van der Waals surface area contributed by atoms with Gasteiger partial charge in [-0.15, -0.1) is 0 Å². The highest BCUT2D eigenvalue weighted by molar-refractivity contribution is 5.76. The molecule has 1 aliphatic heterocycles. The molecule has 0 aromatic rings. The summed E-state index contributed by atoms with van der Waals surface area (Å²) in [5.41, 5.74) is 6.10. The molecule has 0 bridgehead atoms. The fourth-order valence-corrected chi connectivity index (χ4v) is 2.62. The first-order valence-corrected chi connectivity index (χ1v) is 6.74. The lowest BCUT2D eigenvalue weighted by molar-refractivity contribution is -0.131. The van der Waals surface area contributed by atoms with Gasteiger partial charge in [0.05, 0.1) is 0 Å². The summed E-state index contributed by atoms with van der Waals surface area (Å²) in [5, 5.41) is 0. The Labute approximate surface area is 98.4 Å². The van der Waals surface area contributed by atoms with Crippen LogP contribution in [0.15, 0.2) is 0 Å². The van der Waals surface area contributed by atoms with Crippen LogP contribution in [0.1, 0.15) is 45.4 Å². The van der Waals surface area contributed by atoms with E-state index in [1.807, 2.05) is 4.90 Å². The van der Waals surface area contributed by atoms with Crippen molar-refractivity contribution in [3.63, 3.8) is 0 Å². The van der Waals surface area contributed by atoms with E-state index in [9.17, 15) is 4.79 Å². The highest BCUT2D eigenvalue weighted by Gasteiger charge is 2.31. The molecule has 2 rings (SSSR count). The number of nitrogens with two attached hydrogens (primary N) is 1. The van der Waals surface area contributed by atoms with Gasteiger partial charge in [-0.3, -0.25) is 4.79 Å². The Hall–Kier alpha value is -0.570. The molecule has 1 amide bonds. The third-order valence-corrected chi connectivity index (χ3v) is 4.16. The van der Waals surface area contributed by atoms with Crippen molar-refractivity contribution in [2.24, 2.45) is 17.6 Å². The second kappa shape index (κ2) is 5.17. The van der Waals surface area contributed by atoms with Crippen LogP contribution in [0.2, 0.25) is 0 Å². The normalized spacial score (nSPS) is 29.0. The van der Waals surface area contributed by atoms with Gasteiger partial charge in [-0.05, 0) is 37.5 Å². The molecule has 3 heteroatoms. The van der Waals surface area contributed by atoms with Crippen LogP contribution in [0.5, 0.6) is 0 Å². The predicted octanol–water partition coefficient (Wildman–Crippen LogP) is 1.76. The number of nitrogens with zero attached hydrogens (tertiary/aromatic N) is 1. The average molecular weight is 224 g/mol. The topological polar surface area (TPSA) is 46.3 Å². The molecule has 92 valence electrons. The summed E-state index contributed by atoms with van der Waals surface area (Å²) in [6, 6.07) is 0.224. The fraction of sp³-hybridized carbons (Fsp3) is 0.923. The van der Waals surface area contributed by atoms with Gasteiger partial charge in [0.2, 0.25) is 5.91 Å². The molecule has 3 nitrogen and oxygen atoms in total. The maximum atomic E-state index is 11.9. The molecule has 2 aliphatic rings. The lowest BCUT2D eigenvalue weighted by atomic mass is 9.98. The van der Waals surface area contributed by atoms with Crippen LogP contribution in [-0.4, -0.2) is 29.9 Å². The molecule has 0 radical (unpaired) electrons. The van der Waals surface area contributed by atoms with E-state index in [1.54, 1.807) is 0 Å². The van der Waals surface area contributed by atoms with E-state index < -0.39 is 0 Å². The summed E-state index contributed by atoms with van der Waals surface area (Å²) in [6.45, 7) is 3.94. The molecule has 2 fully saturated rings. The first kappa shape index (κ1) is 11.9. The molecule has 2 N–H and O–H groups in total. The van der Waals surface area contributed by atoms with Gasteiger partial charge in [0, 0.05) is 25.6 Å². The monoisotopic (exact) mass is 224 g/mol. The third kappa shape index (κ3) is 2.97. The Bertz CT molecular complexity index is 250. The Kier molecular flexibility index (Phi) is 3.85. The largest absolute Gasteiger partial charge is 0.341 e. The van der Waals surface area contributed by atoms with Gasteiger partial charge in [-0.1, -0.05) is 13.3 Å². The molecule has 1 saturated carbocycles. The van der Waals surface area contributed by atoms with E-state index in [0.29, 0.717) is 11.8 Å². The van der Waals surface area contributed by atoms with Crippen LogP contribution >= 0.6 is 0 Å². The maximum absolute atomic E-state index is 11.9. The minimum absolute atomic E-state index is 0.224. The Morgan fingerprint density at radius 3 is 2.75 bits per heavy atom. The highest BCUT2D eigenvalue weighted by atomic mass is 16.2. The number of amides is 1. The molecular formula is C13H24N2O. The SMILES string of the molecule is CCC1CCC(=O)N(CC(N)C2CC2)CC1. The van der Waals surface area contributed by atoms with Gasteiger partial charge in [-0.2, -0.15) is 0 Å². The van der Waals surface area contributed by atoms with E-state index in [-0.39, 0.29) is 6.04 Å². The van der Waals surface area contributed by atoms with E-state index in [0.717, 1.165) is 31.8 Å². The van der Waals surface area contributed by atoms with Crippen LogP contribution in [0, 0.1) is 11.8 Å². The highest BCUT2D eigenvalue weighted by Crippen LogP contribution is 2.32. The number of carbonyl (C=O) groups excluding carboxylic acids is 1. The van der Waals surface area contributed by atoms with Crippen molar-refractivity contribution in [3.8, 4) is 0 Å². The van der Waals surface area contributed by atoms with Crippen LogP contribution in [0.25, 0.3) is 0 Å². The summed E-state index contributed by atoms with van der Waals surface area (Å²) in [4.78, 5) is 13.9. The summed E-state index contributed by atoms with van der Waals surface area (Å²) >= 11 is 0. The number of hydrogen-bond donors (Lipinski definition) is 1. The molecular weight excluding hydrogens is 200 g/mol. The van der Waals surface area contributed by atoms with Crippen molar-refractivity contribution in [3.05, 3.63) is 0 Å². The van der Waals surface area contributed by atoms with Crippen molar-refractivity contribution in [2.45, 2.75) is 51.5 Å². The molecule has 2 atom stereocenters. The second-order valence-corrected chi connectivity index (χ2v) is 5.44. The third-order valence-electron chi connectivity index (χ3n) is 4.16. The summed E-state index contributed by atoms with van der Waals surface area (Å²) in [5.74, 6) is 1.76. The van der Waals surface area contributed by atoms with Crippen molar-refractivity contribution in [1.29, 1.82) is 0 Å². The molecule has 1 aliphatic carbocycles. The van der Waals surface area contributed by atoms with Crippen LogP contribution in [0.3, 0.4) is 0 Å². The van der Waals surface area contributed by atoms with Crippen molar-refractivity contribution in [1.82, 2.24) is 4.90 Å². The molecule has 2 unspecified atom stereocenters. The smallest absolute Gasteiger partial charge is 0.222 e. The predicted molar refractivity (Wildman–Crippen MR) is 64.9 cm³/mol. The Balaban J connectivity index is 1.84. The van der Waals surface area contributed by atoms with E-state index in [4.69, 9.17) is 5.73 Å². The minimum Gasteiger partial charge on any atom is -0.341 e. The Morgan fingerprint density at radius 1 is 1.38 bits per heavy atom. The van der Waals surface area contributed by atoms with Crippen molar-refractivity contribution in [2.75, 3.05) is 13.1 Å². The van der Waals surface area contributed by atoms with Crippen molar-refractivity contribution < 1.29 is 4.79 Å². The molecule has 1 heterocycles. The van der Waals surface area contributed by atoms with Gasteiger partial charge >= 0.3 is 0 Å². The van der Waals surface area contributed by atoms with Gasteiger partial charge in [0.25, 0.3) is 0 Å². The van der Waals surface area contributed by atoms with E-state index in [2.05, 4.69) is 6.92 Å². The maximum Gasteiger partial charge on any atom is 0.222 e. The fourth-order valence-electron chi connectivity index (χ4n) is 2.62. The first-order valence-electron chi connectivity index (χ1n) is 6.74. The van der Waals surface area contributed by atoms with Gasteiger partial charge in [-0.25, -0.2) is 0 Å². The summed E-state index contributed by atoms with van der Waals surface area (Å²) in [6.07, 6.45) is 6.71. The van der Waals surface area contributed by atoms with Crippen molar-refractivity contribution >= 4 is 5.91 Å². The van der Waals surface area contributed by atoms with E-state index >= 15 is 0 Å². The molecule has 0 spiro atoms. The number of hydrogen-bond acceptors (Lipinski definition) is 2. The Morgan fingerprint density at radius 2 is 2.12 bits per heavy atom. The van der Waals surface area contributed by atoms with Crippen LogP contribution in [-0.2, 0) is 4.79 Å². The number of likely N-dealkylation sites (tertiary alicyclic amines) is 1. The minimum atomic E-state index is 0.224. The molecule has 16 heavy (non-hydrogen) atoms. The van der Waals surface area contributed by atoms with Crippen LogP contribution < -0.4 is 5.73 Å². The zero-order valence-electron chi connectivity index (χ0n) is 10.3. The summed E-state index contributed by atoms with van der Waals surface area (Å²) in [7, 11) is 0. The zero-order valence-corrected chi connectivity index (χ0v) is 10.3. The average Bonchev–Trinajstić information content (AvgIpc) is 3.09. The number of rotatable bonds is 4. The summed E-state index contributed by atoms with van der Waals surface area (Å²) < 4.78 is 0. The molecule has 0 aromatic heterocycles. The molecule has 0 aromatic carbocycles. The standard InChI is InChI=1S/C13H24N2O/c1-2-10-3-6-13(16)15(8-7-10)9-12(14)11-4-5-11/h10-12H,2-9,14H2,1H3. The lowest BCUT2D eigenvalue weighted by Gasteiger charge is -2.24. The van der Waals surface area contributed by atoms with E-state index in [1.165, 1.54) is 25.7 Å². The van der Waals surface area contributed by atoms with Gasteiger partial charge in [0.15, 0.2) is 0 Å². The van der Waals surface area contributed by atoms with Crippen LogP contribution in [0.4, 0.5) is 0 Å². The lowest BCUT2D eigenvalue weighted by Crippen LogP contribution is -2.42. The zero-order chi connectivity index (χ0) is 11.5. The van der Waals surface area contributed by atoms with Gasteiger partial charge < -0.3 is 10.6 Å².